The molecule has 0 aliphatic rings. The van der Waals surface area contributed by atoms with Crippen LogP contribution in [0.25, 0.3) is 10.9 Å². The number of aromatic amines is 1. The lowest BCUT2D eigenvalue weighted by Crippen LogP contribution is -2.34. The molecule has 4 nitrogen and oxygen atoms in total. The minimum absolute atomic E-state index is 0.0915. The number of aliphatic hydroxyl groups is 1. The molecular weight excluding hydrogens is 319 g/mol. The number of fused-ring (bicyclic) bond motifs is 1. The molecular formula is C20H21FN2O2. The summed E-state index contributed by atoms with van der Waals surface area (Å²) in [5, 5.41) is 10.0. The van der Waals surface area contributed by atoms with Gasteiger partial charge in [-0.05, 0) is 36.2 Å². The predicted octanol–water partition coefficient (Wildman–Crippen LogP) is 3.18. The molecule has 1 aromatic heterocycles. The highest BCUT2D eigenvalue weighted by Gasteiger charge is 2.18. The Hall–Kier alpha value is -2.66. The lowest BCUT2D eigenvalue weighted by molar-refractivity contribution is -0.131. The Morgan fingerprint density at radius 1 is 1.20 bits per heavy atom. The number of aryl methyl sites for hydroxylation is 1. The van der Waals surface area contributed by atoms with Crippen LogP contribution in [0.15, 0.2) is 48.5 Å². The normalized spacial score (nSPS) is 11.0. The van der Waals surface area contributed by atoms with Crippen molar-refractivity contribution in [1.29, 1.82) is 0 Å². The molecule has 0 unspecified atom stereocenters. The minimum Gasteiger partial charge on any atom is -0.395 e. The topological polar surface area (TPSA) is 56.3 Å². The average Bonchev–Trinajstić information content (AvgIpc) is 2.90. The molecule has 25 heavy (non-hydrogen) atoms. The van der Waals surface area contributed by atoms with Crippen molar-refractivity contribution in [3.05, 3.63) is 71.2 Å². The molecule has 130 valence electrons. The first-order valence-corrected chi connectivity index (χ1v) is 8.27. The Morgan fingerprint density at radius 3 is 2.68 bits per heavy atom. The number of amides is 1. The Balaban J connectivity index is 1.84. The quantitative estimate of drug-likeness (QED) is 0.724. The van der Waals surface area contributed by atoms with Crippen LogP contribution >= 0.6 is 0 Å². The van der Waals surface area contributed by atoms with Crippen LogP contribution in [0.5, 0.6) is 0 Å². The van der Waals surface area contributed by atoms with E-state index >= 15 is 0 Å². The molecule has 0 saturated heterocycles. The molecule has 2 N–H and O–H groups in total. The standard InChI is InChI=1S/C20H21FN2O2/c1-14-17(18-11-16(21)7-8-19(18)22-14)12-20(25)23(9-10-24)13-15-5-3-2-4-6-15/h2-8,11,22,24H,9-10,12-13H2,1H3. The number of rotatable bonds is 6. The molecule has 5 heteroatoms. The summed E-state index contributed by atoms with van der Waals surface area (Å²) >= 11 is 0. The van der Waals surface area contributed by atoms with Gasteiger partial charge in [0, 0.05) is 29.7 Å². The summed E-state index contributed by atoms with van der Waals surface area (Å²) in [5.41, 5.74) is 3.48. The van der Waals surface area contributed by atoms with Crippen LogP contribution in [0.4, 0.5) is 4.39 Å². The highest BCUT2D eigenvalue weighted by atomic mass is 19.1. The van der Waals surface area contributed by atoms with Gasteiger partial charge in [0.1, 0.15) is 5.82 Å². The van der Waals surface area contributed by atoms with Crippen LogP contribution in [0.1, 0.15) is 16.8 Å². The van der Waals surface area contributed by atoms with Crippen LogP contribution in [0, 0.1) is 12.7 Å². The third-order valence-electron chi connectivity index (χ3n) is 4.35. The van der Waals surface area contributed by atoms with E-state index in [0.717, 1.165) is 27.7 Å². The second kappa shape index (κ2) is 7.49. The van der Waals surface area contributed by atoms with E-state index in [1.807, 2.05) is 37.3 Å². The zero-order valence-corrected chi connectivity index (χ0v) is 14.1. The third-order valence-corrected chi connectivity index (χ3v) is 4.35. The summed E-state index contributed by atoms with van der Waals surface area (Å²) in [6.45, 7) is 2.49. The summed E-state index contributed by atoms with van der Waals surface area (Å²) in [7, 11) is 0. The maximum Gasteiger partial charge on any atom is 0.227 e. The smallest absolute Gasteiger partial charge is 0.227 e. The third kappa shape index (κ3) is 3.88. The fourth-order valence-electron chi connectivity index (χ4n) is 3.06. The van der Waals surface area contributed by atoms with Gasteiger partial charge in [0.2, 0.25) is 5.91 Å². The molecule has 1 heterocycles. The minimum atomic E-state index is -0.323. The number of aromatic nitrogens is 1. The van der Waals surface area contributed by atoms with Gasteiger partial charge in [-0.2, -0.15) is 0 Å². The largest absolute Gasteiger partial charge is 0.395 e. The van der Waals surface area contributed by atoms with Gasteiger partial charge < -0.3 is 15.0 Å². The van der Waals surface area contributed by atoms with Crippen molar-refractivity contribution in [3.8, 4) is 0 Å². The lowest BCUT2D eigenvalue weighted by Gasteiger charge is -2.22. The molecule has 3 aromatic rings. The Kier molecular flexibility index (Phi) is 5.14. The highest BCUT2D eigenvalue weighted by molar-refractivity contribution is 5.90. The van der Waals surface area contributed by atoms with E-state index < -0.39 is 0 Å². The van der Waals surface area contributed by atoms with Crippen molar-refractivity contribution < 1.29 is 14.3 Å². The maximum atomic E-state index is 13.6. The van der Waals surface area contributed by atoms with E-state index in [2.05, 4.69) is 4.98 Å². The summed E-state index contributed by atoms with van der Waals surface area (Å²) < 4.78 is 13.6. The second-order valence-corrected chi connectivity index (χ2v) is 6.12. The van der Waals surface area contributed by atoms with Crippen molar-refractivity contribution >= 4 is 16.8 Å². The number of nitrogens with one attached hydrogen (secondary N) is 1. The van der Waals surface area contributed by atoms with Gasteiger partial charge in [0.25, 0.3) is 0 Å². The zero-order valence-electron chi connectivity index (χ0n) is 14.1. The Labute approximate surface area is 145 Å². The average molecular weight is 340 g/mol. The van der Waals surface area contributed by atoms with Gasteiger partial charge in [-0.3, -0.25) is 4.79 Å². The van der Waals surface area contributed by atoms with Crippen molar-refractivity contribution in [2.75, 3.05) is 13.2 Å². The van der Waals surface area contributed by atoms with Crippen LogP contribution < -0.4 is 0 Å². The second-order valence-electron chi connectivity index (χ2n) is 6.12. The van der Waals surface area contributed by atoms with Crippen molar-refractivity contribution in [3.63, 3.8) is 0 Å². The predicted molar refractivity (Wildman–Crippen MR) is 95.6 cm³/mol. The summed E-state index contributed by atoms with van der Waals surface area (Å²) in [6.07, 6.45) is 0.169. The molecule has 0 aliphatic heterocycles. The number of carbonyl (C=O) groups excluding carboxylic acids is 1. The van der Waals surface area contributed by atoms with Gasteiger partial charge in [-0.15, -0.1) is 0 Å². The van der Waals surface area contributed by atoms with E-state index in [1.54, 1.807) is 11.0 Å². The fourth-order valence-corrected chi connectivity index (χ4v) is 3.06. The molecule has 2 aromatic carbocycles. The fraction of sp³-hybridized carbons (Fsp3) is 0.250. The van der Waals surface area contributed by atoms with E-state index in [1.165, 1.54) is 12.1 Å². The molecule has 0 saturated carbocycles. The molecule has 0 atom stereocenters. The first kappa shape index (κ1) is 17.2. The molecule has 1 amide bonds. The van der Waals surface area contributed by atoms with Gasteiger partial charge in [-0.1, -0.05) is 30.3 Å². The van der Waals surface area contributed by atoms with E-state index in [-0.39, 0.29) is 31.3 Å². The van der Waals surface area contributed by atoms with Gasteiger partial charge in [0.05, 0.1) is 13.0 Å². The van der Waals surface area contributed by atoms with Crippen LogP contribution in [-0.4, -0.2) is 34.0 Å². The molecule has 0 aliphatic carbocycles. The first-order chi connectivity index (χ1) is 12.1. The van der Waals surface area contributed by atoms with Gasteiger partial charge >= 0.3 is 0 Å². The van der Waals surface area contributed by atoms with Gasteiger partial charge in [-0.25, -0.2) is 4.39 Å². The number of carbonyl (C=O) groups is 1. The van der Waals surface area contributed by atoms with Crippen LogP contribution in [-0.2, 0) is 17.8 Å². The summed E-state index contributed by atoms with van der Waals surface area (Å²) in [4.78, 5) is 17.6. The Morgan fingerprint density at radius 2 is 1.96 bits per heavy atom. The van der Waals surface area contributed by atoms with E-state index in [0.29, 0.717) is 6.54 Å². The summed E-state index contributed by atoms with van der Waals surface area (Å²) in [5.74, 6) is -0.414. The number of H-pyrrole nitrogens is 1. The highest BCUT2D eigenvalue weighted by Crippen LogP contribution is 2.24. The number of aliphatic hydroxyl groups excluding tert-OH is 1. The Bertz CT molecular complexity index is 874. The first-order valence-electron chi connectivity index (χ1n) is 8.27. The number of hydrogen-bond acceptors (Lipinski definition) is 2. The maximum absolute atomic E-state index is 13.6. The number of hydrogen-bond donors (Lipinski definition) is 2. The molecule has 0 spiro atoms. The number of benzene rings is 2. The zero-order chi connectivity index (χ0) is 17.8. The number of nitrogens with zero attached hydrogens (tertiary/aromatic N) is 1. The van der Waals surface area contributed by atoms with Gasteiger partial charge in [0.15, 0.2) is 0 Å². The SMILES string of the molecule is Cc1[nH]c2ccc(F)cc2c1CC(=O)N(CCO)Cc1ccccc1. The number of halogens is 1. The molecule has 3 rings (SSSR count). The van der Waals surface area contributed by atoms with E-state index in [4.69, 9.17) is 0 Å². The van der Waals surface area contributed by atoms with Crippen LogP contribution in [0.3, 0.4) is 0 Å². The van der Waals surface area contributed by atoms with E-state index in [9.17, 15) is 14.3 Å². The van der Waals surface area contributed by atoms with Crippen molar-refractivity contribution in [2.45, 2.75) is 19.9 Å². The van der Waals surface area contributed by atoms with Crippen LogP contribution in [0.2, 0.25) is 0 Å². The van der Waals surface area contributed by atoms with Crippen molar-refractivity contribution in [2.24, 2.45) is 0 Å². The molecule has 0 radical (unpaired) electrons. The van der Waals surface area contributed by atoms with Crippen molar-refractivity contribution in [1.82, 2.24) is 9.88 Å². The molecule has 0 bridgehead atoms. The summed E-state index contributed by atoms with van der Waals surface area (Å²) in [6, 6.07) is 14.2. The molecule has 0 fully saturated rings. The lowest BCUT2D eigenvalue weighted by atomic mass is 10.1. The monoisotopic (exact) mass is 340 g/mol.